The van der Waals surface area contributed by atoms with Gasteiger partial charge in [-0.15, -0.1) is 0 Å². The molecule has 18 heavy (non-hydrogen) atoms. The molecule has 1 atom stereocenters. The number of ether oxygens (including phenoxy) is 1. The molecule has 0 fully saturated rings. The van der Waals surface area contributed by atoms with Crippen LogP contribution in [0.3, 0.4) is 0 Å². The minimum Gasteiger partial charge on any atom is -0.444 e. The molecule has 0 aliphatic rings. The quantitative estimate of drug-likeness (QED) is 0.771. The molecule has 0 aliphatic heterocycles. The van der Waals surface area contributed by atoms with E-state index in [4.69, 9.17) is 4.42 Å². The van der Waals surface area contributed by atoms with E-state index in [-0.39, 0.29) is 12.6 Å². The molecule has 0 saturated heterocycles. The maximum Gasteiger partial charge on any atom is 0.411 e. The lowest BCUT2D eigenvalue weighted by molar-refractivity contribution is -0.173. The highest BCUT2D eigenvalue weighted by atomic mass is 19.4. The van der Waals surface area contributed by atoms with Crippen molar-refractivity contribution in [2.45, 2.75) is 32.5 Å². The number of rotatable bonds is 7. The number of hydrogen-bond donors (Lipinski definition) is 1. The number of alkyl halides is 3. The molecule has 4 nitrogen and oxygen atoms in total. The maximum atomic E-state index is 11.8. The molecular weight excluding hydrogens is 249 g/mol. The zero-order valence-electron chi connectivity index (χ0n) is 10.4. The fourth-order valence-electron chi connectivity index (χ4n) is 1.34. The molecule has 0 amide bonds. The van der Waals surface area contributed by atoms with Gasteiger partial charge in [-0.25, -0.2) is 4.98 Å². The lowest BCUT2D eigenvalue weighted by Gasteiger charge is -2.11. The van der Waals surface area contributed by atoms with Gasteiger partial charge in [0.2, 0.25) is 5.89 Å². The summed E-state index contributed by atoms with van der Waals surface area (Å²) in [5.74, 6) is 1.30. The highest BCUT2D eigenvalue weighted by molar-refractivity contribution is 4.94. The molecule has 7 heteroatoms. The van der Waals surface area contributed by atoms with Crippen LogP contribution in [0.4, 0.5) is 13.2 Å². The Morgan fingerprint density at radius 3 is 2.78 bits per heavy atom. The summed E-state index contributed by atoms with van der Waals surface area (Å²) in [5.41, 5.74) is 0. The van der Waals surface area contributed by atoms with Gasteiger partial charge >= 0.3 is 6.18 Å². The van der Waals surface area contributed by atoms with Gasteiger partial charge in [-0.3, -0.25) is 0 Å². The number of nitrogens with one attached hydrogen (secondary N) is 1. The van der Waals surface area contributed by atoms with Crippen LogP contribution in [0.15, 0.2) is 10.6 Å². The highest BCUT2D eigenvalue weighted by Gasteiger charge is 2.27. The van der Waals surface area contributed by atoms with Gasteiger partial charge in [0, 0.05) is 6.61 Å². The Bertz CT molecular complexity index is 352. The summed E-state index contributed by atoms with van der Waals surface area (Å²) in [7, 11) is 0. The summed E-state index contributed by atoms with van der Waals surface area (Å²) in [6, 6.07) is -0.0682. The van der Waals surface area contributed by atoms with Crippen LogP contribution in [-0.4, -0.2) is 30.9 Å². The average Bonchev–Trinajstić information content (AvgIpc) is 2.68. The normalized spacial score (nSPS) is 13.8. The second-order valence-electron chi connectivity index (χ2n) is 4.01. The fourth-order valence-corrected chi connectivity index (χ4v) is 1.34. The van der Waals surface area contributed by atoms with Crippen molar-refractivity contribution in [1.29, 1.82) is 0 Å². The van der Waals surface area contributed by atoms with Crippen LogP contribution in [0.5, 0.6) is 0 Å². The van der Waals surface area contributed by atoms with E-state index in [1.807, 2.05) is 6.92 Å². The van der Waals surface area contributed by atoms with E-state index in [1.165, 1.54) is 0 Å². The summed E-state index contributed by atoms with van der Waals surface area (Å²) in [6.45, 7) is 3.10. The van der Waals surface area contributed by atoms with Crippen LogP contribution in [0.2, 0.25) is 0 Å². The first-order chi connectivity index (χ1) is 8.38. The molecule has 0 radical (unpaired) electrons. The zero-order valence-corrected chi connectivity index (χ0v) is 10.4. The third-order valence-electron chi connectivity index (χ3n) is 2.19. The van der Waals surface area contributed by atoms with E-state index in [9.17, 15) is 13.2 Å². The summed E-state index contributed by atoms with van der Waals surface area (Å²) >= 11 is 0. The summed E-state index contributed by atoms with van der Waals surface area (Å²) in [4.78, 5) is 4.05. The van der Waals surface area contributed by atoms with Crippen molar-refractivity contribution in [3.8, 4) is 0 Å². The highest BCUT2D eigenvalue weighted by Crippen LogP contribution is 2.14. The van der Waals surface area contributed by atoms with E-state index in [0.717, 1.165) is 5.76 Å². The lowest BCUT2D eigenvalue weighted by Crippen LogP contribution is -2.22. The van der Waals surface area contributed by atoms with Crippen molar-refractivity contribution in [3.63, 3.8) is 0 Å². The predicted octanol–water partition coefficient (Wildman–Crippen LogP) is 2.60. The Morgan fingerprint density at radius 1 is 1.50 bits per heavy atom. The van der Waals surface area contributed by atoms with Gasteiger partial charge in [0.05, 0.1) is 12.2 Å². The molecule has 0 aromatic carbocycles. The number of hydrogen-bond acceptors (Lipinski definition) is 4. The van der Waals surface area contributed by atoms with Crippen LogP contribution in [0.25, 0.3) is 0 Å². The first-order valence-electron chi connectivity index (χ1n) is 5.68. The number of oxazole rings is 1. The molecule has 1 heterocycles. The second-order valence-corrected chi connectivity index (χ2v) is 4.01. The Kier molecular flexibility index (Phi) is 5.61. The van der Waals surface area contributed by atoms with E-state index in [1.54, 1.807) is 13.1 Å². The fraction of sp³-hybridized carbons (Fsp3) is 0.727. The topological polar surface area (TPSA) is 47.3 Å². The number of aryl methyl sites for hydroxylation is 1. The van der Waals surface area contributed by atoms with Crippen molar-refractivity contribution in [2.75, 3.05) is 19.8 Å². The predicted molar refractivity (Wildman–Crippen MR) is 59.1 cm³/mol. The first-order valence-corrected chi connectivity index (χ1v) is 5.68. The van der Waals surface area contributed by atoms with Gasteiger partial charge in [0.15, 0.2) is 0 Å². The number of aromatic nitrogens is 1. The van der Waals surface area contributed by atoms with Crippen LogP contribution < -0.4 is 5.32 Å². The third kappa shape index (κ3) is 6.02. The molecule has 1 rings (SSSR count). The van der Waals surface area contributed by atoms with Crippen LogP contribution in [0.1, 0.15) is 31.0 Å². The molecule has 0 bridgehead atoms. The van der Waals surface area contributed by atoms with E-state index in [2.05, 4.69) is 15.0 Å². The Balaban J connectivity index is 2.08. The van der Waals surface area contributed by atoms with Crippen molar-refractivity contribution in [2.24, 2.45) is 0 Å². The third-order valence-corrected chi connectivity index (χ3v) is 2.19. The van der Waals surface area contributed by atoms with Crippen molar-refractivity contribution < 1.29 is 22.3 Å². The molecule has 104 valence electrons. The first kappa shape index (κ1) is 15.0. The standard InChI is InChI=1S/C11H17F3N2O2/c1-8-6-16-10(18-8)9(2)15-4-3-5-17-7-11(12,13)14/h6,9,15H,3-5,7H2,1-2H3. The smallest absolute Gasteiger partial charge is 0.411 e. The van der Waals surface area contributed by atoms with Crippen molar-refractivity contribution in [3.05, 3.63) is 17.8 Å². The van der Waals surface area contributed by atoms with Crippen LogP contribution in [0, 0.1) is 6.92 Å². The average molecular weight is 266 g/mol. The summed E-state index contributed by atoms with van der Waals surface area (Å²) < 4.78 is 45.1. The molecule has 1 N–H and O–H groups in total. The second kappa shape index (κ2) is 6.75. The van der Waals surface area contributed by atoms with Crippen molar-refractivity contribution in [1.82, 2.24) is 10.3 Å². The lowest BCUT2D eigenvalue weighted by atomic mass is 10.3. The molecule has 1 unspecified atom stereocenters. The molecule has 0 aliphatic carbocycles. The largest absolute Gasteiger partial charge is 0.444 e. The van der Waals surface area contributed by atoms with Gasteiger partial charge < -0.3 is 14.5 Å². The molecule has 0 saturated carbocycles. The monoisotopic (exact) mass is 266 g/mol. The minimum atomic E-state index is -4.25. The molecule has 1 aromatic heterocycles. The van der Waals surface area contributed by atoms with Crippen LogP contribution in [-0.2, 0) is 4.74 Å². The van der Waals surface area contributed by atoms with Gasteiger partial charge in [0.1, 0.15) is 12.4 Å². The molecule has 0 spiro atoms. The number of nitrogens with zero attached hydrogens (tertiary/aromatic N) is 1. The Morgan fingerprint density at radius 2 is 2.22 bits per heavy atom. The molecular formula is C11H17F3N2O2. The zero-order chi connectivity index (χ0) is 13.6. The van der Waals surface area contributed by atoms with Crippen molar-refractivity contribution >= 4 is 0 Å². The van der Waals surface area contributed by atoms with E-state index in [0.29, 0.717) is 18.9 Å². The van der Waals surface area contributed by atoms with Gasteiger partial charge in [0.25, 0.3) is 0 Å². The summed E-state index contributed by atoms with van der Waals surface area (Å²) in [6.07, 6.45) is -2.13. The van der Waals surface area contributed by atoms with Crippen LogP contribution >= 0.6 is 0 Å². The SMILES string of the molecule is Cc1cnc(C(C)NCCCOCC(F)(F)F)o1. The van der Waals surface area contributed by atoms with Gasteiger partial charge in [-0.1, -0.05) is 0 Å². The maximum absolute atomic E-state index is 11.8. The summed E-state index contributed by atoms with van der Waals surface area (Å²) in [5, 5.41) is 3.09. The van der Waals surface area contributed by atoms with E-state index >= 15 is 0 Å². The van der Waals surface area contributed by atoms with E-state index < -0.39 is 12.8 Å². The van der Waals surface area contributed by atoms with Gasteiger partial charge in [-0.05, 0) is 26.8 Å². The number of halogens is 3. The minimum absolute atomic E-state index is 0.0682. The Labute approximate surface area is 104 Å². The van der Waals surface area contributed by atoms with Gasteiger partial charge in [-0.2, -0.15) is 13.2 Å². The Hall–Kier alpha value is -1.08. The molecule has 1 aromatic rings.